The lowest BCUT2D eigenvalue weighted by molar-refractivity contribution is -0.0240. The summed E-state index contributed by atoms with van der Waals surface area (Å²) in [6, 6.07) is 5.41. The molecular weight excluding hydrogens is 358 g/mol. The zero-order chi connectivity index (χ0) is 20.5. The van der Waals surface area contributed by atoms with Gasteiger partial charge in [0.2, 0.25) is 0 Å². The van der Waals surface area contributed by atoms with Crippen LogP contribution in [0.1, 0.15) is 57.8 Å². The van der Waals surface area contributed by atoms with Crippen LogP contribution in [0.5, 0.6) is 0 Å². The van der Waals surface area contributed by atoms with E-state index in [-0.39, 0.29) is 18.5 Å². The van der Waals surface area contributed by atoms with Gasteiger partial charge < -0.3 is 9.47 Å². The summed E-state index contributed by atoms with van der Waals surface area (Å²) >= 11 is 0. The zero-order valence-electron chi connectivity index (χ0n) is 17.2. The number of H-pyrrole nitrogens is 1. The van der Waals surface area contributed by atoms with Crippen LogP contribution in [0.15, 0.2) is 24.4 Å². The number of carbonyl (C=O) groups is 2. The second kappa shape index (κ2) is 7.54. The van der Waals surface area contributed by atoms with E-state index >= 15 is 0 Å². The number of rotatable bonds is 5. The maximum Gasteiger partial charge on any atom is 0.411 e. The largest absolute Gasteiger partial charge is 0.444 e. The summed E-state index contributed by atoms with van der Waals surface area (Å²) in [7, 11) is 0. The lowest BCUT2D eigenvalue weighted by Gasteiger charge is -2.38. The Hall–Kier alpha value is -2.41. The van der Waals surface area contributed by atoms with Gasteiger partial charge in [-0.3, -0.25) is 14.8 Å². The smallest absolute Gasteiger partial charge is 0.411 e. The first-order valence-corrected chi connectivity index (χ1v) is 9.72. The summed E-state index contributed by atoms with van der Waals surface area (Å²) < 4.78 is 11.5. The van der Waals surface area contributed by atoms with Crippen LogP contribution in [0.4, 0.5) is 4.79 Å². The van der Waals surface area contributed by atoms with Crippen molar-refractivity contribution in [2.75, 3.05) is 13.2 Å². The van der Waals surface area contributed by atoms with Gasteiger partial charge in [0.25, 0.3) is 0 Å². The fourth-order valence-electron chi connectivity index (χ4n) is 3.57. The van der Waals surface area contributed by atoms with E-state index < -0.39 is 17.2 Å². The van der Waals surface area contributed by atoms with Crippen molar-refractivity contribution in [1.29, 1.82) is 0 Å². The first kappa shape index (κ1) is 20.3. The van der Waals surface area contributed by atoms with Gasteiger partial charge in [-0.15, -0.1) is 0 Å². The number of benzene rings is 1. The first-order valence-electron chi connectivity index (χ1n) is 9.72. The molecule has 1 atom stereocenters. The number of amides is 1. The molecule has 1 unspecified atom stereocenters. The van der Waals surface area contributed by atoms with Crippen molar-refractivity contribution in [3.8, 4) is 0 Å². The third-order valence-corrected chi connectivity index (χ3v) is 4.88. The van der Waals surface area contributed by atoms with Crippen LogP contribution in [0.3, 0.4) is 0 Å². The number of fused-ring (bicyclic) bond motifs is 1. The molecule has 0 bridgehead atoms. The molecule has 0 saturated carbocycles. The number of aromatic nitrogens is 2. The fraction of sp³-hybridized carbons (Fsp3) is 0.571. The van der Waals surface area contributed by atoms with Crippen LogP contribution in [0.2, 0.25) is 0 Å². The molecule has 7 heteroatoms. The molecule has 3 rings (SSSR count). The Bertz CT molecular complexity index is 868. The topological polar surface area (TPSA) is 84.5 Å². The van der Waals surface area contributed by atoms with Gasteiger partial charge in [-0.25, -0.2) is 4.79 Å². The standard InChI is InChI=1S/C21H29N3O4/c1-14(2)27-13-21(9-6-10-24(21)19(26)28-20(3,4)5)18(25)15-7-8-17-16(11-15)12-22-23-17/h7-8,11-12,14H,6,9-10,13H2,1-5H3,(H,22,23). The average Bonchev–Trinajstić information content (AvgIpc) is 3.24. The number of hydrogen-bond donors (Lipinski definition) is 1. The highest BCUT2D eigenvalue weighted by Crippen LogP contribution is 2.35. The van der Waals surface area contributed by atoms with Crippen LogP contribution in [0, 0.1) is 0 Å². The maximum atomic E-state index is 13.7. The monoisotopic (exact) mass is 387 g/mol. The molecule has 152 valence electrons. The van der Waals surface area contributed by atoms with Crippen molar-refractivity contribution in [2.24, 2.45) is 0 Å². The van der Waals surface area contributed by atoms with E-state index in [1.807, 2.05) is 46.8 Å². The van der Waals surface area contributed by atoms with E-state index in [0.717, 1.165) is 17.3 Å². The van der Waals surface area contributed by atoms with Crippen LogP contribution in [-0.4, -0.2) is 57.4 Å². The summed E-state index contributed by atoms with van der Waals surface area (Å²) in [5.74, 6) is -0.125. The van der Waals surface area contributed by atoms with Gasteiger partial charge in [-0.2, -0.15) is 5.10 Å². The van der Waals surface area contributed by atoms with Crippen molar-refractivity contribution >= 4 is 22.8 Å². The minimum absolute atomic E-state index is 0.0536. The Labute approximate surface area is 165 Å². The summed E-state index contributed by atoms with van der Waals surface area (Å²) in [6.07, 6.45) is 2.42. The first-order chi connectivity index (χ1) is 13.1. The van der Waals surface area contributed by atoms with Crippen molar-refractivity contribution in [3.05, 3.63) is 30.0 Å². The predicted molar refractivity (Wildman–Crippen MR) is 106 cm³/mol. The van der Waals surface area contributed by atoms with E-state index in [0.29, 0.717) is 18.5 Å². The predicted octanol–water partition coefficient (Wildman–Crippen LogP) is 3.94. The number of ketones is 1. The molecule has 1 fully saturated rings. The number of carbonyl (C=O) groups excluding carboxylic acids is 2. The third-order valence-electron chi connectivity index (χ3n) is 4.88. The highest BCUT2D eigenvalue weighted by Gasteiger charge is 2.51. The Balaban J connectivity index is 1.98. The highest BCUT2D eigenvalue weighted by atomic mass is 16.6. The lowest BCUT2D eigenvalue weighted by Crippen LogP contribution is -2.57. The SMILES string of the molecule is CC(C)OCC1(C(=O)c2ccc3[nH]ncc3c2)CCCN1C(=O)OC(C)(C)C. The van der Waals surface area contributed by atoms with Gasteiger partial charge in [-0.1, -0.05) is 0 Å². The molecule has 1 N–H and O–H groups in total. The quantitative estimate of drug-likeness (QED) is 0.786. The highest BCUT2D eigenvalue weighted by molar-refractivity contribution is 6.07. The lowest BCUT2D eigenvalue weighted by atomic mass is 9.87. The minimum atomic E-state index is -1.07. The summed E-state index contributed by atoms with van der Waals surface area (Å²) in [4.78, 5) is 28.1. The van der Waals surface area contributed by atoms with Gasteiger partial charge >= 0.3 is 6.09 Å². The molecule has 28 heavy (non-hydrogen) atoms. The van der Waals surface area contributed by atoms with Gasteiger partial charge in [0.1, 0.15) is 11.1 Å². The molecule has 2 heterocycles. The van der Waals surface area contributed by atoms with Crippen molar-refractivity contribution in [1.82, 2.24) is 15.1 Å². The number of nitrogens with one attached hydrogen (secondary N) is 1. The summed E-state index contributed by atoms with van der Waals surface area (Å²) in [5.41, 5.74) is -0.302. The zero-order valence-corrected chi connectivity index (χ0v) is 17.2. The van der Waals surface area contributed by atoms with Crippen LogP contribution in [-0.2, 0) is 9.47 Å². The van der Waals surface area contributed by atoms with Gasteiger partial charge in [0.15, 0.2) is 5.78 Å². The Morgan fingerprint density at radius 3 is 2.75 bits per heavy atom. The molecule has 1 amide bonds. The molecule has 0 radical (unpaired) electrons. The maximum absolute atomic E-state index is 13.7. The Morgan fingerprint density at radius 1 is 1.32 bits per heavy atom. The molecule has 0 spiro atoms. The molecule has 1 aliphatic rings. The van der Waals surface area contributed by atoms with Gasteiger partial charge in [0, 0.05) is 17.5 Å². The third kappa shape index (κ3) is 4.04. The van der Waals surface area contributed by atoms with E-state index in [1.54, 1.807) is 17.2 Å². The molecular formula is C21H29N3O4. The molecule has 2 aromatic rings. The van der Waals surface area contributed by atoms with E-state index in [1.165, 1.54) is 0 Å². The summed E-state index contributed by atoms with van der Waals surface area (Å²) in [6.45, 7) is 9.92. The number of nitrogens with zero attached hydrogens (tertiary/aromatic N) is 2. The Morgan fingerprint density at radius 2 is 2.07 bits per heavy atom. The molecule has 0 aliphatic carbocycles. The van der Waals surface area contributed by atoms with Crippen molar-refractivity contribution in [3.63, 3.8) is 0 Å². The fourth-order valence-corrected chi connectivity index (χ4v) is 3.57. The molecule has 1 saturated heterocycles. The Kier molecular flexibility index (Phi) is 5.48. The van der Waals surface area contributed by atoms with Gasteiger partial charge in [-0.05, 0) is 65.7 Å². The number of Topliss-reactive ketones (excluding diaryl/α,β-unsaturated/α-hetero) is 1. The van der Waals surface area contributed by atoms with Crippen molar-refractivity contribution < 1.29 is 19.1 Å². The second-order valence-electron chi connectivity index (χ2n) is 8.63. The van der Waals surface area contributed by atoms with Gasteiger partial charge in [0.05, 0.1) is 24.4 Å². The van der Waals surface area contributed by atoms with Crippen LogP contribution < -0.4 is 0 Å². The van der Waals surface area contributed by atoms with E-state index in [4.69, 9.17) is 9.47 Å². The van der Waals surface area contributed by atoms with Crippen LogP contribution >= 0.6 is 0 Å². The van der Waals surface area contributed by atoms with Crippen LogP contribution in [0.25, 0.3) is 10.9 Å². The average molecular weight is 387 g/mol. The molecule has 1 aromatic carbocycles. The molecule has 7 nitrogen and oxygen atoms in total. The minimum Gasteiger partial charge on any atom is -0.444 e. The number of ether oxygens (including phenoxy) is 2. The molecule has 1 aromatic heterocycles. The summed E-state index contributed by atoms with van der Waals surface area (Å²) in [5, 5.41) is 7.76. The number of aromatic amines is 1. The number of likely N-dealkylation sites (tertiary alicyclic amines) is 1. The second-order valence-corrected chi connectivity index (χ2v) is 8.63. The normalized spacial score (nSPS) is 20.1. The molecule has 1 aliphatic heterocycles. The van der Waals surface area contributed by atoms with Crippen molar-refractivity contribution in [2.45, 2.75) is 64.7 Å². The number of hydrogen-bond acceptors (Lipinski definition) is 5. The van der Waals surface area contributed by atoms with E-state index in [2.05, 4.69) is 10.2 Å². The van der Waals surface area contributed by atoms with E-state index in [9.17, 15) is 9.59 Å².